The predicted octanol–water partition coefficient (Wildman–Crippen LogP) is -1.55. The van der Waals surface area contributed by atoms with E-state index in [-0.39, 0.29) is 0 Å². The zero-order chi connectivity index (χ0) is 13.8. The van der Waals surface area contributed by atoms with Crippen LogP contribution in [0.25, 0.3) is 0 Å². The van der Waals surface area contributed by atoms with E-state index in [0.717, 1.165) is 0 Å². The average molecular weight is 250 g/mol. The fourth-order valence-corrected chi connectivity index (χ4v) is 1.21. The molecule has 0 aromatic heterocycles. The summed E-state index contributed by atoms with van der Waals surface area (Å²) in [6, 6.07) is 0. The second-order valence-electron chi connectivity index (χ2n) is 3.29. The van der Waals surface area contributed by atoms with Gasteiger partial charge < -0.3 is 25.5 Å². The number of aliphatic carboxylic acids is 4. The zero-order valence-corrected chi connectivity index (χ0v) is 8.36. The molecule has 2 unspecified atom stereocenters. The molecule has 0 aliphatic rings. The molecule has 96 valence electrons. The van der Waals surface area contributed by atoms with Crippen molar-refractivity contribution < 1.29 is 44.7 Å². The maximum absolute atomic E-state index is 10.7. The van der Waals surface area contributed by atoms with Crippen LogP contribution in [0.4, 0.5) is 0 Å². The molecule has 0 aromatic rings. The Balaban J connectivity index is 5.36. The van der Waals surface area contributed by atoms with Crippen molar-refractivity contribution in [2.75, 3.05) is 0 Å². The lowest BCUT2D eigenvalue weighted by Crippen LogP contribution is -2.51. The summed E-state index contributed by atoms with van der Waals surface area (Å²) < 4.78 is 0. The summed E-state index contributed by atoms with van der Waals surface area (Å²) in [4.78, 5) is 42.1. The van der Waals surface area contributed by atoms with Crippen molar-refractivity contribution in [2.45, 2.75) is 18.4 Å². The highest BCUT2D eigenvalue weighted by atomic mass is 16.4. The maximum atomic E-state index is 10.7. The number of hydrogen-bond donors (Lipinski definition) is 5. The van der Waals surface area contributed by atoms with E-state index in [9.17, 15) is 24.3 Å². The largest absolute Gasteiger partial charge is 0.481 e. The van der Waals surface area contributed by atoms with Crippen molar-refractivity contribution >= 4 is 23.9 Å². The quantitative estimate of drug-likeness (QED) is 0.359. The number of carbonyl (C=O) groups is 4. The van der Waals surface area contributed by atoms with Gasteiger partial charge in [-0.05, 0) is 0 Å². The monoisotopic (exact) mass is 250 g/mol. The van der Waals surface area contributed by atoms with Gasteiger partial charge in [-0.2, -0.15) is 0 Å². The molecule has 0 rings (SSSR count). The third-order valence-electron chi connectivity index (χ3n) is 2.04. The van der Waals surface area contributed by atoms with Gasteiger partial charge in [0.1, 0.15) is 5.92 Å². The minimum atomic E-state index is -3.17. The second-order valence-corrected chi connectivity index (χ2v) is 3.29. The number of aliphatic hydroxyl groups is 1. The van der Waals surface area contributed by atoms with Crippen molar-refractivity contribution in [1.29, 1.82) is 0 Å². The van der Waals surface area contributed by atoms with Crippen LogP contribution in [0.5, 0.6) is 0 Å². The zero-order valence-electron chi connectivity index (χ0n) is 8.36. The fourth-order valence-electron chi connectivity index (χ4n) is 1.21. The van der Waals surface area contributed by atoms with Crippen molar-refractivity contribution in [3.05, 3.63) is 0 Å². The molecule has 0 bridgehead atoms. The summed E-state index contributed by atoms with van der Waals surface area (Å²) in [5.74, 6) is -9.69. The molecule has 0 heterocycles. The second kappa shape index (κ2) is 5.25. The van der Waals surface area contributed by atoms with Crippen LogP contribution in [0.3, 0.4) is 0 Å². The van der Waals surface area contributed by atoms with E-state index in [1.807, 2.05) is 0 Å². The highest BCUT2D eigenvalue weighted by Gasteiger charge is 2.50. The molecule has 0 amide bonds. The first-order chi connectivity index (χ1) is 7.61. The number of rotatable bonds is 7. The van der Waals surface area contributed by atoms with Gasteiger partial charge in [-0.15, -0.1) is 0 Å². The van der Waals surface area contributed by atoms with Gasteiger partial charge in [0.2, 0.25) is 0 Å². The van der Waals surface area contributed by atoms with E-state index in [2.05, 4.69) is 0 Å². The summed E-state index contributed by atoms with van der Waals surface area (Å²) in [7, 11) is 0. The average Bonchev–Trinajstić information content (AvgIpc) is 2.11. The Morgan fingerprint density at radius 2 is 1.41 bits per heavy atom. The maximum Gasteiger partial charge on any atom is 0.337 e. The molecule has 5 N–H and O–H groups in total. The van der Waals surface area contributed by atoms with E-state index in [4.69, 9.17) is 20.4 Å². The molecule has 2 atom stereocenters. The molecule has 0 saturated heterocycles. The Labute approximate surface area is 93.9 Å². The lowest BCUT2D eigenvalue weighted by molar-refractivity contribution is -0.181. The third kappa shape index (κ3) is 3.72. The van der Waals surface area contributed by atoms with Crippen LogP contribution in [0, 0.1) is 5.92 Å². The highest BCUT2D eigenvalue weighted by Crippen LogP contribution is 2.26. The van der Waals surface area contributed by atoms with Crippen LogP contribution in [-0.4, -0.2) is 55.0 Å². The van der Waals surface area contributed by atoms with E-state index < -0.39 is 48.2 Å². The third-order valence-corrected chi connectivity index (χ3v) is 2.04. The Kier molecular flexibility index (Phi) is 4.59. The van der Waals surface area contributed by atoms with Crippen molar-refractivity contribution in [1.82, 2.24) is 0 Å². The Morgan fingerprint density at radius 3 is 1.65 bits per heavy atom. The van der Waals surface area contributed by atoms with Crippen LogP contribution in [0.2, 0.25) is 0 Å². The van der Waals surface area contributed by atoms with Crippen molar-refractivity contribution in [2.24, 2.45) is 5.92 Å². The molecule has 9 nitrogen and oxygen atoms in total. The SMILES string of the molecule is O=C(O)CC(C(=O)O)C(O)(CC(=O)O)C(=O)O. The molecule has 0 aliphatic carbocycles. The van der Waals surface area contributed by atoms with Gasteiger partial charge in [0.25, 0.3) is 0 Å². The molecule has 0 aromatic carbocycles. The first-order valence-electron chi connectivity index (χ1n) is 4.23. The van der Waals surface area contributed by atoms with Crippen LogP contribution < -0.4 is 0 Å². The Morgan fingerprint density at radius 1 is 0.941 bits per heavy atom. The molecule has 0 saturated carbocycles. The summed E-state index contributed by atoms with van der Waals surface area (Å²) in [5.41, 5.74) is -3.17. The minimum Gasteiger partial charge on any atom is -0.481 e. The van der Waals surface area contributed by atoms with E-state index in [1.54, 1.807) is 0 Å². The molecular weight excluding hydrogens is 240 g/mol. The predicted molar refractivity (Wildman–Crippen MR) is 48.2 cm³/mol. The van der Waals surface area contributed by atoms with Gasteiger partial charge in [0.05, 0.1) is 12.8 Å². The summed E-state index contributed by atoms with van der Waals surface area (Å²) in [5, 5.41) is 43.6. The van der Waals surface area contributed by atoms with E-state index >= 15 is 0 Å². The van der Waals surface area contributed by atoms with Crippen molar-refractivity contribution in [3.63, 3.8) is 0 Å². The number of carboxylic acids is 4. The minimum absolute atomic E-state index is 1.20. The summed E-state index contributed by atoms with van der Waals surface area (Å²) in [6.07, 6.45) is -2.61. The van der Waals surface area contributed by atoms with Crippen LogP contribution >= 0.6 is 0 Å². The molecular formula is C8H10O9. The normalized spacial score (nSPS) is 15.6. The van der Waals surface area contributed by atoms with Gasteiger partial charge in [-0.1, -0.05) is 0 Å². The molecule has 17 heavy (non-hydrogen) atoms. The highest BCUT2D eigenvalue weighted by molar-refractivity contribution is 5.91. The first-order valence-corrected chi connectivity index (χ1v) is 4.23. The van der Waals surface area contributed by atoms with E-state index in [1.165, 1.54) is 0 Å². The number of hydrogen-bond acceptors (Lipinski definition) is 5. The van der Waals surface area contributed by atoms with Crippen LogP contribution in [0.15, 0.2) is 0 Å². The van der Waals surface area contributed by atoms with Gasteiger partial charge in [0, 0.05) is 0 Å². The van der Waals surface area contributed by atoms with Gasteiger partial charge >= 0.3 is 23.9 Å². The van der Waals surface area contributed by atoms with Gasteiger partial charge in [0.15, 0.2) is 5.60 Å². The molecule has 0 radical (unpaired) electrons. The van der Waals surface area contributed by atoms with Crippen LogP contribution in [0.1, 0.15) is 12.8 Å². The Bertz CT molecular complexity index is 360. The van der Waals surface area contributed by atoms with E-state index in [0.29, 0.717) is 0 Å². The molecule has 0 fully saturated rings. The van der Waals surface area contributed by atoms with Crippen LogP contribution in [-0.2, 0) is 19.2 Å². The summed E-state index contributed by atoms with van der Waals surface area (Å²) >= 11 is 0. The smallest absolute Gasteiger partial charge is 0.337 e. The lowest BCUT2D eigenvalue weighted by atomic mass is 9.82. The molecule has 0 aliphatic heterocycles. The van der Waals surface area contributed by atoms with Crippen molar-refractivity contribution in [3.8, 4) is 0 Å². The fraction of sp³-hybridized carbons (Fsp3) is 0.500. The molecule has 0 spiro atoms. The molecule has 9 heteroatoms. The van der Waals surface area contributed by atoms with Gasteiger partial charge in [-0.25, -0.2) is 4.79 Å². The first kappa shape index (κ1) is 14.8. The Hall–Kier alpha value is -2.16. The standard InChI is InChI=1S/C8H10O9/c9-4(10)1-3(6(13)14)8(17,7(15)16)2-5(11)12/h3,17H,1-2H2,(H,9,10)(H,11,12)(H,13,14)(H,15,16). The lowest BCUT2D eigenvalue weighted by Gasteiger charge is -2.27. The topological polar surface area (TPSA) is 169 Å². The summed E-state index contributed by atoms with van der Waals surface area (Å²) in [6.45, 7) is 0. The van der Waals surface area contributed by atoms with Gasteiger partial charge in [-0.3, -0.25) is 14.4 Å². The number of carboxylic acid groups (broad SMARTS) is 4.